The summed E-state index contributed by atoms with van der Waals surface area (Å²) >= 11 is 0. The Hall–Kier alpha value is -0.690. The van der Waals surface area contributed by atoms with Crippen LogP contribution in [0.2, 0.25) is 0 Å². The van der Waals surface area contributed by atoms with Gasteiger partial charge in [-0.1, -0.05) is 0 Å². The van der Waals surface area contributed by atoms with E-state index in [4.69, 9.17) is 21.2 Å². The van der Waals surface area contributed by atoms with Crippen molar-refractivity contribution in [1.29, 1.82) is 0 Å². The molecule has 0 aromatic heterocycles. The van der Waals surface area contributed by atoms with Crippen molar-refractivity contribution in [3.8, 4) is 0 Å². The van der Waals surface area contributed by atoms with Gasteiger partial charge in [0.15, 0.2) is 6.10 Å². The van der Waals surface area contributed by atoms with E-state index in [1.165, 1.54) is 0 Å². The molecule has 0 unspecified atom stereocenters. The van der Waals surface area contributed by atoms with Crippen molar-refractivity contribution in [2.45, 2.75) is 18.2 Å². The highest BCUT2D eigenvalue weighted by atomic mass is 16.4. The lowest BCUT2D eigenvalue weighted by Crippen LogP contribution is -2.44. The first-order chi connectivity index (χ1) is 5.09. The van der Waals surface area contributed by atoms with Crippen molar-refractivity contribution < 1.29 is 20.1 Å². The first kappa shape index (κ1) is 8.41. The molecule has 1 rings (SSSR count). The van der Waals surface area contributed by atoms with E-state index in [1.54, 1.807) is 0 Å². The number of aliphatic hydroxyl groups excluding tert-OH is 3. The molecule has 1 aliphatic rings. The second kappa shape index (κ2) is 2.74. The molecular weight excluding hydrogens is 152 g/mol. The fourth-order valence-corrected chi connectivity index (χ4v) is 1.03. The van der Waals surface area contributed by atoms with Gasteiger partial charge in [-0.15, -0.1) is 0 Å². The molecule has 64 valence electrons. The molecule has 6 nitrogen and oxygen atoms in total. The maximum atomic E-state index is 10.8. The van der Waals surface area contributed by atoms with E-state index < -0.39 is 30.8 Å². The Bertz CT molecular complexity index is 174. The third-order valence-corrected chi connectivity index (χ3v) is 1.77. The minimum Gasteiger partial charge on any atom is -0.394 e. The molecule has 0 bridgehead atoms. The van der Waals surface area contributed by atoms with Gasteiger partial charge in [0.1, 0.15) is 12.1 Å². The summed E-state index contributed by atoms with van der Waals surface area (Å²) in [5.41, 5.74) is 0. The fourth-order valence-electron chi connectivity index (χ4n) is 1.03. The summed E-state index contributed by atoms with van der Waals surface area (Å²) in [7, 11) is 0. The lowest BCUT2D eigenvalue weighted by atomic mass is 10.1. The van der Waals surface area contributed by atoms with Crippen molar-refractivity contribution >= 4 is 5.91 Å². The van der Waals surface area contributed by atoms with Gasteiger partial charge in [0.05, 0.1) is 6.61 Å². The molecular formula is C5H10N2O4. The molecule has 11 heavy (non-hydrogen) atoms. The monoisotopic (exact) mass is 162 g/mol. The van der Waals surface area contributed by atoms with E-state index in [9.17, 15) is 4.79 Å². The zero-order valence-corrected chi connectivity index (χ0v) is 5.71. The minimum absolute atomic E-state index is 0.458. The van der Waals surface area contributed by atoms with E-state index in [2.05, 4.69) is 0 Å². The molecule has 0 saturated carbocycles. The molecule has 3 atom stereocenters. The molecule has 0 aromatic rings. The SMILES string of the molecule is NN1C(=O)[C@H](O)[C@@H](O)[C@@H]1CO. The average molecular weight is 162 g/mol. The largest absolute Gasteiger partial charge is 0.394 e. The Morgan fingerprint density at radius 1 is 1.55 bits per heavy atom. The lowest BCUT2D eigenvalue weighted by molar-refractivity contribution is -0.136. The van der Waals surface area contributed by atoms with E-state index in [0.717, 1.165) is 0 Å². The van der Waals surface area contributed by atoms with Crippen molar-refractivity contribution in [1.82, 2.24) is 5.01 Å². The van der Waals surface area contributed by atoms with Gasteiger partial charge in [0, 0.05) is 0 Å². The highest BCUT2D eigenvalue weighted by molar-refractivity contribution is 5.83. The van der Waals surface area contributed by atoms with Crippen LogP contribution in [0, 0.1) is 0 Å². The molecule has 1 fully saturated rings. The van der Waals surface area contributed by atoms with E-state index in [-0.39, 0.29) is 0 Å². The van der Waals surface area contributed by atoms with Gasteiger partial charge in [-0.25, -0.2) is 5.84 Å². The average Bonchev–Trinajstić information content (AvgIpc) is 2.17. The summed E-state index contributed by atoms with van der Waals surface area (Å²) in [5, 5.41) is 27.2. The second-order valence-corrected chi connectivity index (χ2v) is 2.43. The molecule has 6 heteroatoms. The van der Waals surface area contributed by atoms with Crippen LogP contribution in [-0.2, 0) is 4.79 Å². The van der Waals surface area contributed by atoms with Crippen molar-refractivity contribution in [2.75, 3.05) is 6.61 Å². The molecule has 0 aliphatic carbocycles. The topological polar surface area (TPSA) is 107 Å². The van der Waals surface area contributed by atoms with Gasteiger partial charge in [-0.3, -0.25) is 9.80 Å². The minimum atomic E-state index is -1.50. The summed E-state index contributed by atoms with van der Waals surface area (Å²) in [4.78, 5) is 10.8. The van der Waals surface area contributed by atoms with Gasteiger partial charge < -0.3 is 15.3 Å². The van der Waals surface area contributed by atoms with E-state index in [1.807, 2.05) is 0 Å². The van der Waals surface area contributed by atoms with Gasteiger partial charge in [-0.05, 0) is 0 Å². The van der Waals surface area contributed by atoms with Crippen LogP contribution in [0.1, 0.15) is 0 Å². The van der Waals surface area contributed by atoms with Gasteiger partial charge in [0.2, 0.25) is 0 Å². The highest BCUT2D eigenvalue weighted by Gasteiger charge is 2.44. The Balaban J connectivity index is 2.77. The van der Waals surface area contributed by atoms with Crippen LogP contribution < -0.4 is 5.84 Å². The Labute approximate surface area is 62.8 Å². The molecule has 5 N–H and O–H groups in total. The van der Waals surface area contributed by atoms with Crippen LogP contribution in [0.3, 0.4) is 0 Å². The predicted molar refractivity (Wildman–Crippen MR) is 33.9 cm³/mol. The third-order valence-electron chi connectivity index (χ3n) is 1.77. The highest BCUT2D eigenvalue weighted by Crippen LogP contribution is 2.15. The van der Waals surface area contributed by atoms with Gasteiger partial charge in [-0.2, -0.15) is 0 Å². The number of amides is 1. The molecule has 1 aliphatic heterocycles. The maximum absolute atomic E-state index is 10.8. The van der Waals surface area contributed by atoms with Gasteiger partial charge >= 0.3 is 0 Å². The predicted octanol–water partition coefficient (Wildman–Crippen LogP) is -3.21. The van der Waals surface area contributed by atoms with Crippen LogP contribution in [0.25, 0.3) is 0 Å². The van der Waals surface area contributed by atoms with Crippen molar-refractivity contribution in [3.63, 3.8) is 0 Å². The van der Waals surface area contributed by atoms with Crippen LogP contribution >= 0.6 is 0 Å². The maximum Gasteiger partial charge on any atom is 0.268 e. The molecule has 1 heterocycles. The van der Waals surface area contributed by atoms with Crippen molar-refractivity contribution in [3.05, 3.63) is 0 Å². The summed E-state index contributed by atoms with van der Waals surface area (Å²) in [6.45, 7) is -0.458. The number of hydrazine groups is 1. The Morgan fingerprint density at radius 2 is 2.09 bits per heavy atom. The van der Waals surface area contributed by atoms with E-state index >= 15 is 0 Å². The number of aliphatic hydroxyl groups is 3. The molecule has 1 saturated heterocycles. The normalized spacial score (nSPS) is 38.4. The van der Waals surface area contributed by atoms with Crippen LogP contribution in [0.15, 0.2) is 0 Å². The van der Waals surface area contributed by atoms with Crippen molar-refractivity contribution in [2.24, 2.45) is 5.84 Å². The first-order valence-electron chi connectivity index (χ1n) is 3.14. The number of carbonyl (C=O) groups excluding carboxylic acids is 1. The van der Waals surface area contributed by atoms with Crippen LogP contribution in [0.5, 0.6) is 0 Å². The third kappa shape index (κ3) is 1.10. The summed E-state index contributed by atoms with van der Waals surface area (Å²) in [6, 6.07) is -0.891. The first-order valence-corrected chi connectivity index (χ1v) is 3.14. The number of hydrogen-bond donors (Lipinski definition) is 4. The van der Waals surface area contributed by atoms with E-state index in [0.29, 0.717) is 5.01 Å². The van der Waals surface area contributed by atoms with Crippen LogP contribution in [0.4, 0.5) is 0 Å². The number of hydrogen-bond acceptors (Lipinski definition) is 5. The fraction of sp³-hybridized carbons (Fsp3) is 0.800. The van der Waals surface area contributed by atoms with Gasteiger partial charge in [0.25, 0.3) is 5.91 Å². The smallest absolute Gasteiger partial charge is 0.268 e. The summed E-state index contributed by atoms with van der Waals surface area (Å²) < 4.78 is 0. The molecule has 0 aromatic carbocycles. The molecule has 0 spiro atoms. The standard InChI is InChI=1S/C5H10N2O4/c6-7-2(1-8)3(9)4(10)5(7)11/h2-4,8-10H,1,6H2/t2-,3-,4+/m0/s1. The summed E-state index contributed by atoms with van der Waals surface area (Å²) in [6.07, 6.45) is -2.80. The Morgan fingerprint density at radius 3 is 2.27 bits per heavy atom. The summed E-state index contributed by atoms with van der Waals surface area (Å²) in [5.74, 6) is 4.35. The zero-order valence-electron chi connectivity index (χ0n) is 5.71. The van der Waals surface area contributed by atoms with Crippen LogP contribution in [-0.4, -0.2) is 51.1 Å². The second-order valence-electron chi connectivity index (χ2n) is 2.43. The zero-order chi connectivity index (χ0) is 8.59. The number of nitrogens with two attached hydrogens (primary N) is 1. The number of carbonyl (C=O) groups is 1. The number of rotatable bonds is 1. The number of nitrogens with zero attached hydrogens (tertiary/aromatic N) is 1. The molecule has 0 radical (unpaired) electrons. The Kier molecular flexibility index (Phi) is 2.10. The quantitative estimate of drug-likeness (QED) is 0.240. The lowest BCUT2D eigenvalue weighted by Gasteiger charge is -2.17. The molecule has 1 amide bonds.